The Labute approximate surface area is 133 Å². The molecule has 0 amide bonds. The molecule has 0 radical (unpaired) electrons. The SMILES string of the molecule is Cc1cc(S(=O)(=O)NC(C(=O)O)C2CCCCC2)sc1Cl. The molecule has 0 bridgehead atoms. The molecule has 2 rings (SSSR count). The van der Waals surface area contributed by atoms with Gasteiger partial charge in [0.25, 0.3) is 10.0 Å². The van der Waals surface area contributed by atoms with Crippen LogP contribution < -0.4 is 4.72 Å². The number of carboxylic acids is 1. The van der Waals surface area contributed by atoms with Gasteiger partial charge in [0.2, 0.25) is 0 Å². The van der Waals surface area contributed by atoms with E-state index in [0.29, 0.717) is 9.90 Å². The molecule has 0 aliphatic heterocycles. The lowest BCUT2D eigenvalue weighted by Gasteiger charge is -2.27. The Kier molecular flexibility index (Phi) is 5.29. The third-order valence-corrected chi connectivity index (χ3v) is 7.24. The fourth-order valence-electron chi connectivity index (χ4n) is 2.61. The van der Waals surface area contributed by atoms with Gasteiger partial charge in [0.05, 0.1) is 4.34 Å². The average Bonchev–Trinajstić information content (AvgIpc) is 2.78. The summed E-state index contributed by atoms with van der Waals surface area (Å²) in [5.74, 6) is -1.27. The summed E-state index contributed by atoms with van der Waals surface area (Å²) in [6, 6.07) is 0.395. The van der Waals surface area contributed by atoms with Crippen LogP contribution in [0, 0.1) is 12.8 Å². The summed E-state index contributed by atoms with van der Waals surface area (Å²) >= 11 is 6.84. The minimum absolute atomic E-state index is 0.0621. The Hall–Kier alpha value is -0.630. The van der Waals surface area contributed by atoms with Crippen molar-refractivity contribution in [2.75, 3.05) is 0 Å². The maximum Gasteiger partial charge on any atom is 0.322 e. The van der Waals surface area contributed by atoms with Crippen LogP contribution in [0.5, 0.6) is 0 Å². The highest BCUT2D eigenvalue weighted by Crippen LogP contribution is 2.32. The zero-order chi connectivity index (χ0) is 15.6. The third kappa shape index (κ3) is 3.97. The van der Waals surface area contributed by atoms with E-state index in [0.717, 1.165) is 43.4 Å². The van der Waals surface area contributed by atoms with E-state index in [1.807, 2.05) is 0 Å². The van der Waals surface area contributed by atoms with E-state index in [-0.39, 0.29) is 10.1 Å². The molecule has 1 aromatic heterocycles. The maximum absolute atomic E-state index is 12.3. The second kappa shape index (κ2) is 6.64. The zero-order valence-corrected chi connectivity index (χ0v) is 14.0. The molecule has 1 atom stereocenters. The van der Waals surface area contributed by atoms with E-state index >= 15 is 0 Å². The van der Waals surface area contributed by atoms with Crippen LogP contribution in [-0.2, 0) is 14.8 Å². The molecule has 0 aromatic carbocycles. The first kappa shape index (κ1) is 16.7. The van der Waals surface area contributed by atoms with Crippen molar-refractivity contribution < 1.29 is 18.3 Å². The highest BCUT2D eigenvalue weighted by molar-refractivity contribution is 7.91. The van der Waals surface area contributed by atoms with Gasteiger partial charge in [0, 0.05) is 0 Å². The van der Waals surface area contributed by atoms with Gasteiger partial charge in [-0.05, 0) is 37.3 Å². The van der Waals surface area contributed by atoms with Crippen LogP contribution in [0.1, 0.15) is 37.7 Å². The quantitative estimate of drug-likeness (QED) is 0.854. The Balaban J connectivity index is 2.20. The van der Waals surface area contributed by atoms with Gasteiger partial charge >= 0.3 is 5.97 Å². The zero-order valence-electron chi connectivity index (χ0n) is 11.6. The summed E-state index contributed by atoms with van der Waals surface area (Å²) in [5, 5.41) is 9.35. The van der Waals surface area contributed by atoms with E-state index in [9.17, 15) is 18.3 Å². The number of aryl methyl sites for hydroxylation is 1. The Morgan fingerprint density at radius 1 is 1.43 bits per heavy atom. The van der Waals surface area contributed by atoms with Gasteiger partial charge in [0.15, 0.2) is 0 Å². The highest BCUT2D eigenvalue weighted by atomic mass is 35.5. The van der Waals surface area contributed by atoms with Crippen molar-refractivity contribution in [3.05, 3.63) is 16.0 Å². The van der Waals surface area contributed by atoms with E-state index in [2.05, 4.69) is 4.72 Å². The van der Waals surface area contributed by atoms with Crippen molar-refractivity contribution in [3.8, 4) is 0 Å². The minimum atomic E-state index is -3.85. The largest absolute Gasteiger partial charge is 0.480 e. The van der Waals surface area contributed by atoms with Crippen molar-refractivity contribution in [1.82, 2.24) is 4.72 Å². The molecule has 1 aliphatic rings. The normalized spacial score (nSPS) is 18.6. The fraction of sp³-hybridized carbons (Fsp3) is 0.615. The lowest BCUT2D eigenvalue weighted by molar-refractivity contribution is -0.140. The van der Waals surface area contributed by atoms with Gasteiger partial charge in [0.1, 0.15) is 10.3 Å². The predicted molar refractivity (Wildman–Crippen MR) is 82.4 cm³/mol. The first-order valence-corrected chi connectivity index (χ1v) is 9.50. The number of carbonyl (C=O) groups is 1. The maximum atomic E-state index is 12.3. The number of carboxylic acid groups (broad SMARTS) is 1. The lowest BCUT2D eigenvalue weighted by Crippen LogP contribution is -2.46. The molecule has 1 heterocycles. The summed E-state index contributed by atoms with van der Waals surface area (Å²) < 4.78 is 27.5. The van der Waals surface area contributed by atoms with Crippen molar-refractivity contribution in [2.45, 2.75) is 49.3 Å². The van der Waals surface area contributed by atoms with Gasteiger partial charge in [-0.1, -0.05) is 30.9 Å². The summed E-state index contributed by atoms with van der Waals surface area (Å²) in [4.78, 5) is 11.4. The Bertz CT molecular complexity index is 601. The molecular formula is C13H18ClNO4S2. The number of aliphatic carboxylic acids is 1. The summed E-state index contributed by atoms with van der Waals surface area (Å²) in [6.07, 6.45) is 4.45. The van der Waals surface area contributed by atoms with E-state index in [1.54, 1.807) is 6.92 Å². The van der Waals surface area contributed by atoms with Crippen molar-refractivity contribution in [3.63, 3.8) is 0 Å². The summed E-state index contributed by atoms with van der Waals surface area (Å²) in [7, 11) is -3.85. The van der Waals surface area contributed by atoms with E-state index in [1.165, 1.54) is 6.07 Å². The van der Waals surface area contributed by atoms with Crippen LogP contribution in [0.25, 0.3) is 0 Å². The molecule has 1 aromatic rings. The van der Waals surface area contributed by atoms with Crippen molar-refractivity contribution in [2.24, 2.45) is 5.92 Å². The molecule has 1 saturated carbocycles. The highest BCUT2D eigenvalue weighted by Gasteiger charge is 2.34. The number of sulfonamides is 1. The fourth-order valence-corrected chi connectivity index (χ4v) is 5.59. The number of hydrogen-bond donors (Lipinski definition) is 2. The number of nitrogens with one attached hydrogen (secondary N) is 1. The topological polar surface area (TPSA) is 83.5 Å². The van der Waals surface area contributed by atoms with Gasteiger partial charge < -0.3 is 5.11 Å². The number of rotatable bonds is 5. The molecule has 0 spiro atoms. The molecule has 118 valence electrons. The van der Waals surface area contributed by atoms with Crippen LogP contribution in [0.3, 0.4) is 0 Å². The molecule has 1 unspecified atom stereocenters. The van der Waals surface area contributed by atoms with Gasteiger partial charge in [-0.15, -0.1) is 11.3 Å². The van der Waals surface area contributed by atoms with Crippen molar-refractivity contribution in [1.29, 1.82) is 0 Å². The first-order chi connectivity index (χ1) is 9.81. The lowest BCUT2D eigenvalue weighted by atomic mass is 9.84. The van der Waals surface area contributed by atoms with Crippen LogP contribution in [0.15, 0.2) is 10.3 Å². The van der Waals surface area contributed by atoms with Crippen LogP contribution >= 0.6 is 22.9 Å². The molecule has 2 N–H and O–H groups in total. The monoisotopic (exact) mass is 351 g/mol. The molecule has 1 aliphatic carbocycles. The van der Waals surface area contributed by atoms with Crippen LogP contribution in [0.4, 0.5) is 0 Å². The minimum Gasteiger partial charge on any atom is -0.480 e. The third-order valence-electron chi connectivity index (χ3n) is 3.77. The number of hydrogen-bond acceptors (Lipinski definition) is 4. The Morgan fingerprint density at radius 3 is 2.52 bits per heavy atom. The van der Waals surface area contributed by atoms with Crippen LogP contribution in [0.2, 0.25) is 4.34 Å². The van der Waals surface area contributed by atoms with Gasteiger partial charge in [-0.25, -0.2) is 8.42 Å². The molecular weight excluding hydrogens is 334 g/mol. The Morgan fingerprint density at radius 2 is 2.05 bits per heavy atom. The van der Waals surface area contributed by atoms with Crippen LogP contribution in [-0.4, -0.2) is 25.5 Å². The molecule has 0 saturated heterocycles. The number of thiophene rings is 1. The molecule has 8 heteroatoms. The standard InChI is InChI=1S/C13H18ClNO4S2/c1-8-7-10(20-12(8)14)21(18,19)15-11(13(16)17)9-5-3-2-4-6-9/h7,9,11,15H,2-6H2,1H3,(H,16,17). The molecule has 5 nitrogen and oxygen atoms in total. The second-order valence-corrected chi connectivity index (χ2v) is 8.95. The van der Waals surface area contributed by atoms with Crippen molar-refractivity contribution >= 4 is 38.9 Å². The van der Waals surface area contributed by atoms with E-state index < -0.39 is 22.0 Å². The first-order valence-electron chi connectivity index (χ1n) is 6.82. The van der Waals surface area contributed by atoms with Gasteiger partial charge in [-0.2, -0.15) is 4.72 Å². The predicted octanol–water partition coefficient (Wildman–Crippen LogP) is 3.02. The molecule has 21 heavy (non-hydrogen) atoms. The van der Waals surface area contributed by atoms with Gasteiger partial charge in [-0.3, -0.25) is 4.79 Å². The smallest absolute Gasteiger partial charge is 0.322 e. The summed E-state index contributed by atoms with van der Waals surface area (Å²) in [5.41, 5.74) is 0.673. The number of halogens is 1. The average molecular weight is 352 g/mol. The second-order valence-electron chi connectivity index (χ2n) is 5.36. The molecule has 1 fully saturated rings. The summed E-state index contributed by atoms with van der Waals surface area (Å²) in [6.45, 7) is 1.72. The van der Waals surface area contributed by atoms with E-state index in [4.69, 9.17) is 11.6 Å².